The molecule has 1 aromatic rings. The highest BCUT2D eigenvalue weighted by atomic mass is 19.1. The standard InChI is InChI=1S/C16H22FN3O/c1-11-16(21)20(12-6-5-9-19(2)10-12)15(18-11)13-7-3-4-8-14(13)17/h3-4,7-8,11-12,15,18H,5-6,9-10H2,1-2H3. The van der Waals surface area contributed by atoms with Crippen LogP contribution in [0.3, 0.4) is 0 Å². The average Bonchev–Trinajstić information content (AvgIpc) is 2.75. The molecule has 2 aliphatic rings. The van der Waals surface area contributed by atoms with Crippen molar-refractivity contribution in [1.29, 1.82) is 0 Å². The summed E-state index contributed by atoms with van der Waals surface area (Å²) < 4.78 is 14.1. The first-order chi connectivity index (χ1) is 10.1. The molecule has 5 heteroatoms. The first kappa shape index (κ1) is 14.5. The van der Waals surface area contributed by atoms with E-state index in [1.54, 1.807) is 12.1 Å². The third kappa shape index (κ3) is 2.68. The van der Waals surface area contributed by atoms with E-state index in [0.29, 0.717) is 5.56 Å². The number of amides is 1. The zero-order chi connectivity index (χ0) is 15.0. The van der Waals surface area contributed by atoms with Crippen LogP contribution < -0.4 is 5.32 Å². The number of piperidine rings is 1. The number of nitrogens with zero attached hydrogens (tertiary/aromatic N) is 2. The third-order valence-corrected chi connectivity index (χ3v) is 4.50. The summed E-state index contributed by atoms with van der Waals surface area (Å²) in [4.78, 5) is 16.6. The molecule has 1 amide bonds. The van der Waals surface area contributed by atoms with Crippen LogP contribution in [0.4, 0.5) is 4.39 Å². The number of benzene rings is 1. The Morgan fingerprint density at radius 3 is 2.81 bits per heavy atom. The lowest BCUT2D eigenvalue weighted by Gasteiger charge is -2.38. The summed E-state index contributed by atoms with van der Waals surface area (Å²) in [5.74, 6) is -0.186. The second-order valence-electron chi connectivity index (χ2n) is 6.12. The van der Waals surface area contributed by atoms with Gasteiger partial charge in [-0.3, -0.25) is 10.1 Å². The van der Waals surface area contributed by atoms with Crippen molar-refractivity contribution in [2.24, 2.45) is 0 Å². The van der Waals surface area contributed by atoms with Crippen molar-refractivity contribution in [2.45, 2.75) is 38.0 Å². The molecule has 3 rings (SSSR count). The molecule has 3 atom stereocenters. The molecule has 2 aliphatic heterocycles. The Kier molecular flexibility index (Phi) is 3.95. The summed E-state index contributed by atoms with van der Waals surface area (Å²) in [5.41, 5.74) is 0.559. The Morgan fingerprint density at radius 2 is 2.10 bits per heavy atom. The normalized spacial score (nSPS) is 30.9. The fourth-order valence-electron chi connectivity index (χ4n) is 3.43. The summed E-state index contributed by atoms with van der Waals surface area (Å²) in [7, 11) is 2.07. The number of halogens is 1. The molecule has 0 saturated carbocycles. The van der Waals surface area contributed by atoms with Gasteiger partial charge in [0.15, 0.2) is 0 Å². The van der Waals surface area contributed by atoms with Gasteiger partial charge in [-0.15, -0.1) is 0 Å². The second kappa shape index (κ2) is 5.73. The summed E-state index contributed by atoms with van der Waals surface area (Å²) >= 11 is 0. The van der Waals surface area contributed by atoms with Gasteiger partial charge < -0.3 is 9.80 Å². The van der Waals surface area contributed by atoms with Gasteiger partial charge >= 0.3 is 0 Å². The number of carbonyl (C=O) groups excluding carboxylic acids is 1. The molecule has 114 valence electrons. The van der Waals surface area contributed by atoms with Crippen LogP contribution in [0.25, 0.3) is 0 Å². The predicted octanol–water partition coefficient (Wildman–Crippen LogP) is 1.74. The Labute approximate surface area is 124 Å². The molecular weight excluding hydrogens is 269 g/mol. The first-order valence-corrected chi connectivity index (χ1v) is 7.59. The van der Waals surface area contributed by atoms with Gasteiger partial charge in [-0.1, -0.05) is 18.2 Å². The molecule has 0 aliphatic carbocycles. The number of carbonyl (C=O) groups is 1. The molecule has 21 heavy (non-hydrogen) atoms. The van der Waals surface area contributed by atoms with Crippen molar-refractivity contribution in [3.63, 3.8) is 0 Å². The average molecular weight is 291 g/mol. The summed E-state index contributed by atoms with van der Waals surface area (Å²) in [6.45, 7) is 3.76. The monoisotopic (exact) mass is 291 g/mol. The number of likely N-dealkylation sites (tertiary alicyclic amines) is 1. The van der Waals surface area contributed by atoms with Crippen LogP contribution >= 0.6 is 0 Å². The highest BCUT2D eigenvalue weighted by molar-refractivity contribution is 5.84. The van der Waals surface area contributed by atoms with Gasteiger partial charge in [0.1, 0.15) is 12.0 Å². The third-order valence-electron chi connectivity index (χ3n) is 4.50. The van der Waals surface area contributed by atoms with Crippen LogP contribution in [-0.4, -0.2) is 47.9 Å². The van der Waals surface area contributed by atoms with Gasteiger partial charge in [0, 0.05) is 18.2 Å². The van der Waals surface area contributed by atoms with E-state index in [2.05, 4.69) is 17.3 Å². The van der Waals surface area contributed by atoms with Crippen LogP contribution in [0.5, 0.6) is 0 Å². The van der Waals surface area contributed by atoms with E-state index in [9.17, 15) is 9.18 Å². The maximum atomic E-state index is 14.1. The van der Waals surface area contributed by atoms with Crippen molar-refractivity contribution >= 4 is 5.91 Å². The molecule has 2 fully saturated rings. The largest absolute Gasteiger partial charge is 0.317 e. The SMILES string of the molecule is CC1NC(c2ccccc2F)N(C2CCCN(C)C2)C1=O. The number of nitrogens with one attached hydrogen (secondary N) is 1. The molecular formula is C16H22FN3O. The maximum absolute atomic E-state index is 14.1. The van der Waals surface area contributed by atoms with Crippen molar-refractivity contribution in [3.8, 4) is 0 Å². The predicted molar refractivity (Wildman–Crippen MR) is 79.1 cm³/mol. The molecule has 1 aromatic carbocycles. The fraction of sp³-hybridized carbons (Fsp3) is 0.562. The molecule has 0 bridgehead atoms. The van der Waals surface area contributed by atoms with Gasteiger partial charge in [-0.05, 0) is 39.4 Å². The summed E-state index contributed by atoms with van der Waals surface area (Å²) in [6.07, 6.45) is 1.70. The lowest BCUT2D eigenvalue weighted by molar-refractivity contribution is -0.133. The van der Waals surface area contributed by atoms with E-state index in [4.69, 9.17) is 0 Å². The smallest absolute Gasteiger partial charge is 0.241 e. The van der Waals surface area contributed by atoms with Crippen LogP contribution in [0, 0.1) is 5.82 Å². The molecule has 1 N–H and O–H groups in total. The molecule has 0 aromatic heterocycles. The maximum Gasteiger partial charge on any atom is 0.241 e. The van der Waals surface area contributed by atoms with Crippen molar-refractivity contribution in [1.82, 2.24) is 15.1 Å². The van der Waals surface area contributed by atoms with Crippen molar-refractivity contribution in [3.05, 3.63) is 35.6 Å². The fourth-order valence-corrected chi connectivity index (χ4v) is 3.43. The van der Waals surface area contributed by atoms with Crippen molar-refractivity contribution < 1.29 is 9.18 Å². The number of hydrogen-bond acceptors (Lipinski definition) is 3. The van der Waals surface area contributed by atoms with E-state index in [-0.39, 0.29) is 30.0 Å². The molecule has 3 unspecified atom stereocenters. The van der Waals surface area contributed by atoms with E-state index >= 15 is 0 Å². The minimum atomic E-state index is -0.356. The minimum Gasteiger partial charge on any atom is -0.317 e. The quantitative estimate of drug-likeness (QED) is 0.901. The number of hydrogen-bond donors (Lipinski definition) is 1. The highest BCUT2D eigenvalue weighted by Crippen LogP contribution is 2.31. The lowest BCUT2D eigenvalue weighted by Crippen LogP contribution is -2.49. The summed E-state index contributed by atoms with van der Waals surface area (Å²) in [5, 5.41) is 3.24. The topological polar surface area (TPSA) is 35.6 Å². The van der Waals surface area contributed by atoms with E-state index in [1.807, 2.05) is 17.9 Å². The number of rotatable bonds is 2. The summed E-state index contributed by atoms with van der Waals surface area (Å²) in [6, 6.07) is 6.60. The second-order valence-corrected chi connectivity index (χ2v) is 6.12. The van der Waals surface area contributed by atoms with Gasteiger partial charge in [-0.25, -0.2) is 4.39 Å². The highest BCUT2D eigenvalue weighted by Gasteiger charge is 2.42. The zero-order valence-electron chi connectivity index (χ0n) is 12.6. The molecule has 2 heterocycles. The Bertz CT molecular complexity index is 536. The zero-order valence-corrected chi connectivity index (χ0v) is 12.6. The van der Waals surface area contributed by atoms with Crippen LogP contribution in [0.15, 0.2) is 24.3 Å². The lowest BCUT2D eigenvalue weighted by atomic mass is 10.0. The van der Waals surface area contributed by atoms with Gasteiger partial charge in [0.2, 0.25) is 5.91 Å². The molecule has 4 nitrogen and oxygen atoms in total. The van der Waals surface area contributed by atoms with Crippen LogP contribution in [-0.2, 0) is 4.79 Å². The molecule has 0 spiro atoms. The van der Waals surface area contributed by atoms with E-state index in [0.717, 1.165) is 25.9 Å². The van der Waals surface area contributed by atoms with E-state index < -0.39 is 0 Å². The van der Waals surface area contributed by atoms with Gasteiger partial charge in [-0.2, -0.15) is 0 Å². The van der Waals surface area contributed by atoms with Gasteiger partial charge in [0.05, 0.1) is 6.04 Å². The molecule has 2 saturated heterocycles. The number of likely N-dealkylation sites (N-methyl/N-ethyl adjacent to an activating group) is 1. The Balaban J connectivity index is 1.91. The minimum absolute atomic E-state index is 0.0727. The van der Waals surface area contributed by atoms with Gasteiger partial charge in [0.25, 0.3) is 0 Å². The Hall–Kier alpha value is -1.46. The van der Waals surface area contributed by atoms with Crippen LogP contribution in [0.1, 0.15) is 31.5 Å². The van der Waals surface area contributed by atoms with Crippen molar-refractivity contribution in [2.75, 3.05) is 20.1 Å². The first-order valence-electron chi connectivity index (χ1n) is 7.59. The van der Waals surface area contributed by atoms with Crippen LogP contribution in [0.2, 0.25) is 0 Å². The Morgan fingerprint density at radius 1 is 1.33 bits per heavy atom. The molecule has 0 radical (unpaired) electrons. The van der Waals surface area contributed by atoms with E-state index in [1.165, 1.54) is 6.07 Å².